The molecule has 92 valence electrons. The van der Waals surface area contributed by atoms with Crippen LogP contribution < -0.4 is 5.73 Å². The van der Waals surface area contributed by atoms with Gasteiger partial charge in [-0.2, -0.15) is 0 Å². The fraction of sp³-hybridized carbons (Fsp3) is 0.267. The number of pyridine rings is 1. The maximum absolute atomic E-state index is 6.10. The molecule has 0 saturated carbocycles. The molecule has 0 fully saturated rings. The summed E-state index contributed by atoms with van der Waals surface area (Å²) in [5, 5.41) is 0. The van der Waals surface area contributed by atoms with E-state index in [0.29, 0.717) is 6.61 Å². The van der Waals surface area contributed by atoms with Crippen LogP contribution in [0.3, 0.4) is 0 Å². The summed E-state index contributed by atoms with van der Waals surface area (Å²) in [7, 11) is 0. The summed E-state index contributed by atoms with van der Waals surface area (Å²) in [5.41, 5.74) is 9.45. The third-order valence-corrected chi connectivity index (χ3v) is 3.33. The van der Waals surface area contributed by atoms with Crippen molar-refractivity contribution in [2.45, 2.75) is 18.6 Å². The van der Waals surface area contributed by atoms with Gasteiger partial charge in [0.15, 0.2) is 0 Å². The zero-order valence-electron chi connectivity index (χ0n) is 10.1. The van der Waals surface area contributed by atoms with E-state index in [2.05, 4.69) is 23.2 Å². The molecule has 1 aliphatic heterocycles. The highest BCUT2D eigenvalue weighted by Crippen LogP contribution is 2.29. The van der Waals surface area contributed by atoms with E-state index >= 15 is 0 Å². The first kappa shape index (κ1) is 11.4. The molecule has 1 aliphatic rings. The zero-order chi connectivity index (χ0) is 12.4. The first-order valence-corrected chi connectivity index (χ1v) is 6.20. The van der Waals surface area contributed by atoms with Gasteiger partial charge in [0.2, 0.25) is 0 Å². The molecule has 3 rings (SSSR count). The average molecular weight is 240 g/mol. The SMILES string of the molecule is N[C@@H]1COC(c2ccccc2)Cc2cccnc21. The van der Waals surface area contributed by atoms with Crippen LogP contribution in [0.25, 0.3) is 0 Å². The number of nitrogens with two attached hydrogens (primary N) is 1. The Labute approximate surface area is 107 Å². The summed E-state index contributed by atoms with van der Waals surface area (Å²) in [6.07, 6.45) is 2.70. The normalized spacial score (nSPS) is 23.2. The summed E-state index contributed by atoms with van der Waals surface area (Å²) in [4.78, 5) is 4.38. The summed E-state index contributed by atoms with van der Waals surface area (Å²) in [6.45, 7) is 0.517. The number of benzene rings is 1. The second-order valence-electron chi connectivity index (χ2n) is 4.59. The molecule has 0 saturated heterocycles. The number of aromatic nitrogens is 1. The molecule has 1 aromatic carbocycles. The smallest absolute Gasteiger partial charge is 0.0866 e. The van der Waals surface area contributed by atoms with Crippen molar-refractivity contribution in [3.05, 3.63) is 65.5 Å². The van der Waals surface area contributed by atoms with E-state index in [1.165, 1.54) is 11.1 Å². The third-order valence-electron chi connectivity index (χ3n) is 3.33. The molecule has 18 heavy (non-hydrogen) atoms. The minimum Gasteiger partial charge on any atom is -0.371 e. The molecular formula is C15H16N2O. The molecule has 3 heteroatoms. The fourth-order valence-corrected chi connectivity index (χ4v) is 2.40. The molecule has 2 N–H and O–H groups in total. The van der Waals surface area contributed by atoms with Crippen molar-refractivity contribution < 1.29 is 4.74 Å². The highest BCUT2D eigenvalue weighted by Gasteiger charge is 2.23. The van der Waals surface area contributed by atoms with Crippen molar-refractivity contribution in [3.63, 3.8) is 0 Å². The van der Waals surface area contributed by atoms with Gasteiger partial charge in [0, 0.05) is 12.6 Å². The van der Waals surface area contributed by atoms with Crippen molar-refractivity contribution in [1.29, 1.82) is 0 Å². The highest BCUT2D eigenvalue weighted by atomic mass is 16.5. The Balaban J connectivity index is 1.94. The Kier molecular flexibility index (Phi) is 3.09. The molecule has 2 heterocycles. The van der Waals surface area contributed by atoms with Gasteiger partial charge in [-0.3, -0.25) is 4.98 Å². The Morgan fingerprint density at radius 2 is 1.94 bits per heavy atom. The molecule has 0 bridgehead atoms. The lowest BCUT2D eigenvalue weighted by molar-refractivity contribution is 0.0497. The first-order chi connectivity index (χ1) is 8.84. The molecule has 2 aromatic rings. The monoisotopic (exact) mass is 240 g/mol. The summed E-state index contributed by atoms with van der Waals surface area (Å²) in [6, 6.07) is 14.2. The van der Waals surface area contributed by atoms with Crippen LogP contribution in [0.2, 0.25) is 0 Å². The van der Waals surface area contributed by atoms with E-state index in [1.54, 1.807) is 6.20 Å². The lowest BCUT2D eigenvalue weighted by atomic mass is 10.00. The summed E-state index contributed by atoms with van der Waals surface area (Å²) < 4.78 is 5.92. The van der Waals surface area contributed by atoms with E-state index in [-0.39, 0.29) is 12.1 Å². The molecule has 1 unspecified atom stereocenters. The molecule has 0 aliphatic carbocycles. The zero-order valence-corrected chi connectivity index (χ0v) is 10.1. The predicted octanol–water partition coefficient (Wildman–Crippen LogP) is 2.40. The lowest BCUT2D eigenvalue weighted by Crippen LogP contribution is -2.17. The Morgan fingerprint density at radius 1 is 1.11 bits per heavy atom. The first-order valence-electron chi connectivity index (χ1n) is 6.20. The molecule has 3 nitrogen and oxygen atoms in total. The largest absolute Gasteiger partial charge is 0.371 e. The average Bonchev–Trinajstić information content (AvgIpc) is 2.60. The lowest BCUT2D eigenvalue weighted by Gasteiger charge is -2.15. The standard InChI is InChI=1S/C15H16N2O/c16-13-10-18-14(11-5-2-1-3-6-11)9-12-7-4-8-17-15(12)13/h1-8,13-14H,9-10,16H2/t13-,14?/m1/s1. The van der Waals surface area contributed by atoms with E-state index in [4.69, 9.17) is 10.5 Å². The molecular weight excluding hydrogens is 224 g/mol. The van der Waals surface area contributed by atoms with Gasteiger partial charge in [-0.15, -0.1) is 0 Å². The van der Waals surface area contributed by atoms with E-state index in [9.17, 15) is 0 Å². The van der Waals surface area contributed by atoms with Gasteiger partial charge in [-0.1, -0.05) is 36.4 Å². The van der Waals surface area contributed by atoms with Crippen molar-refractivity contribution >= 4 is 0 Å². The third kappa shape index (κ3) is 2.15. The number of hydrogen-bond donors (Lipinski definition) is 1. The van der Waals surface area contributed by atoms with E-state index in [1.807, 2.05) is 24.3 Å². The quantitative estimate of drug-likeness (QED) is 0.832. The van der Waals surface area contributed by atoms with E-state index in [0.717, 1.165) is 12.1 Å². The van der Waals surface area contributed by atoms with Crippen LogP contribution in [0.5, 0.6) is 0 Å². The van der Waals surface area contributed by atoms with Gasteiger partial charge in [0.05, 0.1) is 24.4 Å². The van der Waals surface area contributed by atoms with Gasteiger partial charge >= 0.3 is 0 Å². The predicted molar refractivity (Wildman–Crippen MR) is 70.0 cm³/mol. The van der Waals surface area contributed by atoms with Crippen LogP contribution in [0.15, 0.2) is 48.7 Å². The van der Waals surface area contributed by atoms with Crippen LogP contribution in [-0.4, -0.2) is 11.6 Å². The maximum atomic E-state index is 6.10. The van der Waals surface area contributed by atoms with Crippen LogP contribution >= 0.6 is 0 Å². The van der Waals surface area contributed by atoms with Crippen LogP contribution in [0, 0.1) is 0 Å². The summed E-state index contributed by atoms with van der Waals surface area (Å²) in [5.74, 6) is 0. The van der Waals surface area contributed by atoms with Crippen LogP contribution in [0.4, 0.5) is 0 Å². The minimum atomic E-state index is -0.130. The topological polar surface area (TPSA) is 48.1 Å². The Morgan fingerprint density at radius 3 is 2.78 bits per heavy atom. The molecule has 2 atom stereocenters. The van der Waals surface area contributed by atoms with Crippen molar-refractivity contribution in [3.8, 4) is 0 Å². The second-order valence-corrected chi connectivity index (χ2v) is 4.59. The molecule has 0 spiro atoms. The Bertz CT molecular complexity index is 527. The Hall–Kier alpha value is -1.71. The van der Waals surface area contributed by atoms with Crippen molar-refractivity contribution in [2.75, 3.05) is 6.61 Å². The fourth-order valence-electron chi connectivity index (χ4n) is 2.40. The second kappa shape index (κ2) is 4.88. The van der Waals surface area contributed by atoms with E-state index < -0.39 is 0 Å². The maximum Gasteiger partial charge on any atom is 0.0866 e. The number of hydrogen-bond acceptors (Lipinski definition) is 3. The minimum absolute atomic E-state index is 0.0719. The number of fused-ring (bicyclic) bond motifs is 1. The van der Waals surface area contributed by atoms with Crippen LogP contribution in [-0.2, 0) is 11.2 Å². The molecule has 1 aromatic heterocycles. The van der Waals surface area contributed by atoms with Crippen LogP contribution in [0.1, 0.15) is 29.0 Å². The van der Waals surface area contributed by atoms with Crippen molar-refractivity contribution in [2.24, 2.45) is 5.73 Å². The van der Waals surface area contributed by atoms with Gasteiger partial charge in [-0.25, -0.2) is 0 Å². The molecule has 0 radical (unpaired) electrons. The number of rotatable bonds is 1. The molecule has 0 amide bonds. The van der Waals surface area contributed by atoms with Gasteiger partial charge < -0.3 is 10.5 Å². The van der Waals surface area contributed by atoms with Gasteiger partial charge in [0.25, 0.3) is 0 Å². The van der Waals surface area contributed by atoms with Gasteiger partial charge in [-0.05, 0) is 17.2 Å². The summed E-state index contributed by atoms with van der Waals surface area (Å²) >= 11 is 0. The number of ether oxygens (including phenoxy) is 1. The van der Waals surface area contributed by atoms with Crippen molar-refractivity contribution in [1.82, 2.24) is 4.98 Å². The van der Waals surface area contributed by atoms with Gasteiger partial charge in [0.1, 0.15) is 0 Å². The highest BCUT2D eigenvalue weighted by molar-refractivity contribution is 5.28. The number of nitrogens with zero attached hydrogens (tertiary/aromatic N) is 1.